The molecule has 0 unspecified atom stereocenters. The van der Waals surface area contributed by atoms with Crippen molar-refractivity contribution in [3.8, 4) is 11.8 Å². The zero-order chi connectivity index (χ0) is 19.8. The highest BCUT2D eigenvalue weighted by atomic mass is 32.2. The van der Waals surface area contributed by atoms with Crippen LogP contribution in [-0.2, 0) is 17.1 Å². The first-order valence-corrected chi connectivity index (χ1v) is 9.46. The number of ether oxygens (including phenoxy) is 1. The van der Waals surface area contributed by atoms with Gasteiger partial charge in [0, 0.05) is 24.6 Å². The number of nitrogens with one attached hydrogen (secondary N) is 1. The Labute approximate surface area is 156 Å². The van der Waals surface area contributed by atoms with Crippen molar-refractivity contribution in [2.75, 3.05) is 11.8 Å². The molecule has 2 aromatic carbocycles. The molecule has 1 heterocycles. The summed E-state index contributed by atoms with van der Waals surface area (Å²) in [6.45, 7) is 1.79. The molecule has 1 aromatic heterocycles. The van der Waals surface area contributed by atoms with Gasteiger partial charge in [-0.1, -0.05) is 0 Å². The molecule has 1 N–H and O–H groups in total. The first-order valence-electron chi connectivity index (χ1n) is 7.98. The maximum atomic E-state index is 12.7. The number of aromatic nitrogens is 1. The van der Waals surface area contributed by atoms with Gasteiger partial charge in [0.25, 0.3) is 15.6 Å². The van der Waals surface area contributed by atoms with Gasteiger partial charge in [-0.15, -0.1) is 0 Å². The van der Waals surface area contributed by atoms with Crippen LogP contribution in [0.3, 0.4) is 0 Å². The fourth-order valence-corrected chi connectivity index (χ4v) is 3.86. The summed E-state index contributed by atoms with van der Waals surface area (Å²) >= 11 is 0. The Bertz CT molecular complexity index is 1240. The number of pyridine rings is 1. The van der Waals surface area contributed by atoms with Gasteiger partial charge in [0.1, 0.15) is 5.75 Å². The van der Waals surface area contributed by atoms with E-state index in [0.29, 0.717) is 16.8 Å². The summed E-state index contributed by atoms with van der Waals surface area (Å²) in [4.78, 5) is 12.0. The van der Waals surface area contributed by atoms with E-state index in [1.165, 1.54) is 42.0 Å². The van der Waals surface area contributed by atoms with Crippen molar-refractivity contribution in [2.24, 2.45) is 7.05 Å². The number of nitrogens with zero attached hydrogens (tertiary/aromatic N) is 2. The van der Waals surface area contributed by atoms with Crippen LogP contribution >= 0.6 is 0 Å². The van der Waals surface area contributed by atoms with Gasteiger partial charge in [-0.25, -0.2) is 8.42 Å². The molecule has 0 spiro atoms. The molecule has 27 heavy (non-hydrogen) atoms. The standard InChI is InChI=1S/C19H17N3O4S/c1-12-8-19(23)22(2)17-10-18(26-3)16(9-15(12)17)21-27(24,25)14-6-4-13(11-20)5-7-14/h4-10,21H,1-3H3. The molecule has 0 aliphatic rings. The quantitative estimate of drug-likeness (QED) is 0.746. The molecule has 3 rings (SSSR count). The zero-order valence-electron chi connectivity index (χ0n) is 15.0. The highest BCUT2D eigenvalue weighted by molar-refractivity contribution is 7.92. The summed E-state index contributed by atoms with van der Waals surface area (Å²) in [6.07, 6.45) is 0. The number of hydrogen-bond acceptors (Lipinski definition) is 5. The van der Waals surface area contributed by atoms with Gasteiger partial charge in [0.05, 0.1) is 34.8 Å². The van der Waals surface area contributed by atoms with Gasteiger partial charge in [-0.3, -0.25) is 9.52 Å². The summed E-state index contributed by atoms with van der Waals surface area (Å²) in [6, 6.07) is 12.3. The van der Waals surface area contributed by atoms with Crippen LogP contribution < -0.4 is 15.0 Å². The summed E-state index contributed by atoms with van der Waals surface area (Å²) in [5.41, 5.74) is 1.84. The van der Waals surface area contributed by atoms with Gasteiger partial charge in [0.2, 0.25) is 0 Å². The van der Waals surface area contributed by atoms with Gasteiger partial charge in [-0.05, 0) is 42.8 Å². The molecule has 0 fully saturated rings. The molecular weight excluding hydrogens is 366 g/mol. The minimum atomic E-state index is -3.88. The van der Waals surface area contributed by atoms with Gasteiger partial charge < -0.3 is 9.30 Å². The van der Waals surface area contributed by atoms with Crippen LogP contribution in [-0.4, -0.2) is 20.1 Å². The summed E-state index contributed by atoms with van der Waals surface area (Å²) < 4.78 is 34.7. The van der Waals surface area contributed by atoms with E-state index < -0.39 is 10.0 Å². The Morgan fingerprint density at radius 2 is 1.81 bits per heavy atom. The van der Waals surface area contributed by atoms with Crippen LogP contribution in [0.25, 0.3) is 10.9 Å². The van der Waals surface area contributed by atoms with Crippen molar-refractivity contribution < 1.29 is 13.2 Å². The van der Waals surface area contributed by atoms with Crippen molar-refractivity contribution >= 4 is 26.6 Å². The Balaban J connectivity index is 2.13. The molecule has 0 radical (unpaired) electrons. The molecule has 0 aliphatic carbocycles. The molecule has 8 heteroatoms. The molecule has 138 valence electrons. The number of fused-ring (bicyclic) bond motifs is 1. The van der Waals surface area contributed by atoms with Crippen molar-refractivity contribution in [3.05, 3.63) is 63.9 Å². The third kappa shape index (κ3) is 3.37. The number of aryl methyl sites for hydroxylation is 2. The minimum absolute atomic E-state index is 0.0285. The van der Waals surface area contributed by atoms with Crippen molar-refractivity contribution in [1.29, 1.82) is 5.26 Å². The second-order valence-corrected chi connectivity index (χ2v) is 7.72. The third-order valence-electron chi connectivity index (χ3n) is 4.31. The van der Waals surface area contributed by atoms with Crippen molar-refractivity contribution in [2.45, 2.75) is 11.8 Å². The van der Waals surface area contributed by atoms with E-state index in [1.54, 1.807) is 26.1 Å². The van der Waals surface area contributed by atoms with E-state index in [4.69, 9.17) is 10.00 Å². The van der Waals surface area contributed by atoms with Crippen molar-refractivity contribution in [1.82, 2.24) is 4.57 Å². The van der Waals surface area contributed by atoms with Crippen LogP contribution in [0.1, 0.15) is 11.1 Å². The SMILES string of the molecule is COc1cc2c(cc1NS(=O)(=O)c1ccc(C#N)cc1)c(C)cc(=O)n2C. The molecule has 7 nitrogen and oxygen atoms in total. The first kappa shape index (κ1) is 18.5. The van der Waals surface area contributed by atoms with Gasteiger partial charge in [0.15, 0.2) is 0 Å². The highest BCUT2D eigenvalue weighted by Crippen LogP contribution is 2.32. The monoisotopic (exact) mass is 383 g/mol. The van der Waals surface area contributed by atoms with Crippen LogP contribution in [0.5, 0.6) is 5.75 Å². The van der Waals surface area contributed by atoms with E-state index >= 15 is 0 Å². The molecule has 0 aliphatic heterocycles. The highest BCUT2D eigenvalue weighted by Gasteiger charge is 2.18. The van der Waals surface area contributed by atoms with E-state index in [2.05, 4.69) is 4.72 Å². The fourth-order valence-electron chi connectivity index (χ4n) is 2.80. The van der Waals surface area contributed by atoms with E-state index in [0.717, 1.165) is 10.9 Å². The van der Waals surface area contributed by atoms with Crippen LogP contribution in [0.2, 0.25) is 0 Å². The summed E-state index contributed by atoms with van der Waals surface area (Å²) in [7, 11) is -0.810. The number of methoxy groups -OCH3 is 1. The zero-order valence-corrected chi connectivity index (χ0v) is 15.8. The van der Waals surface area contributed by atoms with E-state index in [9.17, 15) is 13.2 Å². The molecule has 0 bridgehead atoms. The van der Waals surface area contributed by atoms with Gasteiger partial charge in [-0.2, -0.15) is 5.26 Å². The second kappa shape index (κ2) is 6.78. The Kier molecular flexibility index (Phi) is 4.64. The Hall–Kier alpha value is -3.31. The number of anilines is 1. The first-order chi connectivity index (χ1) is 12.8. The molecule has 0 saturated carbocycles. The molecule has 3 aromatic rings. The summed E-state index contributed by atoms with van der Waals surface area (Å²) in [5.74, 6) is 0.292. The van der Waals surface area contributed by atoms with Gasteiger partial charge >= 0.3 is 0 Å². The lowest BCUT2D eigenvalue weighted by Crippen LogP contribution is -2.17. The van der Waals surface area contributed by atoms with Crippen molar-refractivity contribution in [3.63, 3.8) is 0 Å². The smallest absolute Gasteiger partial charge is 0.262 e. The molecule has 0 saturated heterocycles. The van der Waals surface area contributed by atoms with Crippen LogP contribution in [0.15, 0.2) is 52.2 Å². The number of sulfonamides is 1. The summed E-state index contributed by atoms with van der Waals surface area (Å²) in [5, 5.41) is 9.58. The molecule has 0 amide bonds. The van der Waals surface area contributed by atoms with E-state index in [-0.39, 0.29) is 16.1 Å². The van der Waals surface area contributed by atoms with Crippen LogP contribution in [0, 0.1) is 18.3 Å². The lowest BCUT2D eigenvalue weighted by atomic mass is 10.1. The Morgan fingerprint density at radius 1 is 1.15 bits per heavy atom. The molecule has 0 atom stereocenters. The molecular formula is C19H17N3O4S. The van der Waals surface area contributed by atoms with E-state index in [1.807, 2.05) is 6.07 Å². The lowest BCUT2D eigenvalue weighted by molar-refractivity contribution is 0.417. The number of hydrogen-bond donors (Lipinski definition) is 1. The second-order valence-electron chi connectivity index (χ2n) is 6.04. The maximum absolute atomic E-state index is 12.7. The fraction of sp³-hybridized carbons (Fsp3) is 0.158. The largest absolute Gasteiger partial charge is 0.494 e. The number of benzene rings is 2. The average Bonchev–Trinajstić information content (AvgIpc) is 2.65. The number of rotatable bonds is 4. The predicted molar refractivity (Wildman–Crippen MR) is 102 cm³/mol. The minimum Gasteiger partial charge on any atom is -0.494 e. The Morgan fingerprint density at radius 3 is 2.41 bits per heavy atom. The number of nitriles is 1. The lowest BCUT2D eigenvalue weighted by Gasteiger charge is -2.15. The maximum Gasteiger partial charge on any atom is 0.262 e. The van der Waals surface area contributed by atoms with Crippen LogP contribution in [0.4, 0.5) is 5.69 Å². The predicted octanol–water partition coefficient (Wildman–Crippen LogP) is 2.53. The normalized spacial score (nSPS) is 11.2. The third-order valence-corrected chi connectivity index (χ3v) is 5.69. The topological polar surface area (TPSA) is 101 Å². The average molecular weight is 383 g/mol.